The van der Waals surface area contributed by atoms with Crippen LogP contribution in [0.2, 0.25) is 0 Å². The van der Waals surface area contributed by atoms with Gasteiger partial charge in [0.15, 0.2) is 0 Å². The number of carbonyl (C=O) groups is 3. The molecule has 0 fully saturated rings. The Labute approximate surface area is 219 Å². The Morgan fingerprint density at radius 1 is 1.16 bits per heavy atom. The van der Waals surface area contributed by atoms with E-state index in [4.69, 9.17) is 4.74 Å². The van der Waals surface area contributed by atoms with Crippen LogP contribution in [-0.4, -0.2) is 49.4 Å². The van der Waals surface area contributed by atoms with Gasteiger partial charge in [0.05, 0.1) is 24.3 Å². The van der Waals surface area contributed by atoms with Gasteiger partial charge >= 0.3 is 6.09 Å². The van der Waals surface area contributed by atoms with Crippen molar-refractivity contribution >= 4 is 40.4 Å². The summed E-state index contributed by atoms with van der Waals surface area (Å²) in [6, 6.07) is 12.7. The van der Waals surface area contributed by atoms with Crippen LogP contribution in [0.4, 0.5) is 16.3 Å². The number of anilines is 2. The van der Waals surface area contributed by atoms with Crippen molar-refractivity contribution in [3.05, 3.63) is 71.7 Å². The van der Waals surface area contributed by atoms with E-state index in [-0.39, 0.29) is 17.9 Å². The van der Waals surface area contributed by atoms with Crippen LogP contribution in [0.25, 0.3) is 11.0 Å². The van der Waals surface area contributed by atoms with Crippen LogP contribution >= 0.6 is 0 Å². The fraction of sp³-hybridized carbons (Fsp3) is 0.296. The van der Waals surface area contributed by atoms with Gasteiger partial charge in [0, 0.05) is 23.8 Å². The third-order valence-corrected chi connectivity index (χ3v) is 5.97. The molecule has 1 aliphatic heterocycles. The summed E-state index contributed by atoms with van der Waals surface area (Å²) in [4.78, 5) is 41.8. The van der Waals surface area contributed by atoms with Gasteiger partial charge in [-0.15, -0.1) is 0 Å². The molecule has 3 N–H and O–H groups in total. The van der Waals surface area contributed by atoms with Gasteiger partial charge in [0.1, 0.15) is 22.8 Å². The largest absolute Gasteiger partial charge is 0.444 e. The number of fused-ring (bicyclic) bond motifs is 3. The van der Waals surface area contributed by atoms with Gasteiger partial charge in [-0.05, 0) is 63.6 Å². The lowest BCUT2D eigenvalue weighted by atomic mass is 10.2. The van der Waals surface area contributed by atoms with E-state index in [2.05, 4.69) is 26.0 Å². The van der Waals surface area contributed by atoms with Crippen molar-refractivity contribution in [2.75, 3.05) is 17.2 Å². The minimum absolute atomic E-state index is 0.0507. The molecule has 1 aliphatic rings. The Balaban J connectivity index is 1.26. The molecule has 1 atom stereocenters. The van der Waals surface area contributed by atoms with E-state index in [1.807, 2.05) is 35.8 Å². The second-order valence-electron chi connectivity index (χ2n) is 10.3. The van der Waals surface area contributed by atoms with E-state index in [9.17, 15) is 14.4 Å². The number of hydrogen-bond acceptors (Lipinski definition) is 6. The first kappa shape index (κ1) is 25.0. The molecule has 4 heterocycles. The van der Waals surface area contributed by atoms with Gasteiger partial charge < -0.3 is 19.9 Å². The van der Waals surface area contributed by atoms with Crippen LogP contribution in [-0.2, 0) is 11.3 Å². The predicted molar refractivity (Wildman–Crippen MR) is 142 cm³/mol. The second kappa shape index (κ2) is 9.66. The number of hydrogen-bond donors (Lipinski definition) is 3. The van der Waals surface area contributed by atoms with Gasteiger partial charge in [-0.3, -0.25) is 19.6 Å². The van der Waals surface area contributed by atoms with Crippen molar-refractivity contribution in [1.29, 1.82) is 0 Å². The maximum absolute atomic E-state index is 12.9. The zero-order chi connectivity index (χ0) is 27.0. The molecule has 3 amide bonds. The van der Waals surface area contributed by atoms with Crippen LogP contribution in [0.5, 0.6) is 0 Å². The molecule has 0 unspecified atom stereocenters. The van der Waals surface area contributed by atoms with E-state index in [1.165, 1.54) is 6.20 Å². The van der Waals surface area contributed by atoms with Crippen LogP contribution in [0.15, 0.2) is 54.9 Å². The average molecular weight is 516 g/mol. The number of aromatic nitrogens is 4. The molecular weight excluding hydrogens is 486 g/mol. The van der Waals surface area contributed by atoms with Crippen molar-refractivity contribution in [2.24, 2.45) is 0 Å². The van der Waals surface area contributed by atoms with Crippen molar-refractivity contribution in [3.8, 4) is 0 Å². The first-order chi connectivity index (χ1) is 18.1. The summed E-state index contributed by atoms with van der Waals surface area (Å²) in [5, 5.41) is 13.5. The zero-order valence-corrected chi connectivity index (χ0v) is 21.6. The topological polar surface area (TPSA) is 132 Å². The molecule has 38 heavy (non-hydrogen) atoms. The lowest BCUT2D eigenvalue weighted by molar-refractivity contribution is 0.0635. The Hall–Kier alpha value is -4.67. The molecule has 11 heteroatoms. The number of ether oxygens (including phenoxy) is 1. The quantitative estimate of drug-likeness (QED) is 0.365. The maximum atomic E-state index is 12.9. The number of nitrogens with zero attached hydrogens (tertiary/aromatic N) is 4. The molecule has 4 aromatic rings. The molecule has 1 aromatic carbocycles. The van der Waals surface area contributed by atoms with E-state index < -0.39 is 11.7 Å². The lowest BCUT2D eigenvalue weighted by Crippen LogP contribution is -2.37. The van der Waals surface area contributed by atoms with Crippen LogP contribution in [0.1, 0.15) is 60.1 Å². The average Bonchev–Trinajstić information content (AvgIpc) is 3.46. The third-order valence-electron chi connectivity index (χ3n) is 5.97. The number of pyridine rings is 1. The fourth-order valence-electron chi connectivity index (χ4n) is 4.32. The first-order valence-corrected chi connectivity index (χ1v) is 12.3. The van der Waals surface area contributed by atoms with Gasteiger partial charge in [0.25, 0.3) is 11.8 Å². The summed E-state index contributed by atoms with van der Waals surface area (Å²) < 4.78 is 8.84. The SMILES string of the molecule is C[C@@H]1CNC(=O)c2cc3ccc(NC(=O)c4cnn(Cc5cccc(NC(=O)OC(C)(C)C)c5)c4)nc3n21. The Morgan fingerprint density at radius 2 is 1.97 bits per heavy atom. The predicted octanol–water partition coefficient (Wildman–Crippen LogP) is 4.18. The normalized spacial score (nSPS) is 15.1. The lowest BCUT2D eigenvalue weighted by Gasteiger charge is -2.23. The third kappa shape index (κ3) is 5.36. The summed E-state index contributed by atoms with van der Waals surface area (Å²) in [6.45, 7) is 8.34. The molecule has 196 valence electrons. The fourth-order valence-corrected chi connectivity index (χ4v) is 4.32. The molecule has 0 aliphatic carbocycles. The van der Waals surface area contributed by atoms with Gasteiger partial charge in [-0.25, -0.2) is 9.78 Å². The minimum atomic E-state index is -0.592. The summed E-state index contributed by atoms with van der Waals surface area (Å²) >= 11 is 0. The van der Waals surface area contributed by atoms with Crippen LogP contribution in [0.3, 0.4) is 0 Å². The van der Waals surface area contributed by atoms with Gasteiger partial charge in [0.2, 0.25) is 0 Å². The highest BCUT2D eigenvalue weighted by Gasteiger charge is 2.25. The van der Waals surface area contributed by atoms with E-state index in [1.54, 1.807) is 49.8 Å². The number of amides is 3. The molecule has 0 spiro atoms. The monoisotopic (exact) mass is 515 g/mol. The molecule has 0 radical (unpaired) electrons. The van der Waals surface area contributed by atoms with E-state index in [0.29, 0.717) is 41.5 Å². The van der Waals surface area contributed by atoms with Crippen molar-refractivity contribution in [3.63, 3.8) is 0 Å². The Kier molecular flexibility index (Phi) is 6.35. The summed E-state index contributed by atoms with van der Waals surface area (Å²) in [5.74, 6) is -0.0971. The second-order valence-corrected chi connectivity index (χ2v) is 10.3. The highest BCUT2D eigenvalue weighted by Crippen LogP contribution is 2.26. The van der Waals surface area contributed by atoms with Crippen LogP contribution in [0, 0.1) is 0 Å². The summed E-state index contributed by atoms with van der Waals surface area (Å²) in [5.41, 5.74) is 2.47. The molecule has 5 rings (SSSR count). The Morgan fingerprint density at radius 3 is 2.76 bits per heavy atom. The summed E-state index contributed by atoms with van der Waals surface area (Å²) in [6.07, 6.45) is 2.60. The van der Waals surface area contributed by atoms with Crippen molar-refractivity contribution in [2.45, 2.75) is 45.9 Å². The molecule has 3 aromatic heterocycles. The number of nitrogens with one attached hydrogen (secondary N) is 3. The molecular formula is C27H29N7O4. The van der Waals surface area contributed by atoms with Crippen molar-refractivity contribution < 1.29 is 19.1 Å². The van der Waals surface area contributed by atoms with E-state index >= 15 is 0 Å². The minimum Gasteiger partial charge on any atom is -0.444 e. The zero-order valence-electron chi connectivity index (χ0n) is 21.6. The molecule has 0 bridgehead atoms. The number of rotatable bonds is 5. The Bertz CT molecular complexity index is 1550. The first-order valence-electron chi connectivity index (χ1n) is 12.3. The smallest absolute Gasteiger partial charge is 0.412 e. The van der Waals surface area contributed by atoms with Crippen molar-refractivity contribution in [1.82, 2.24) is 24.6 Å². The van der Waals surface area contributed by atoms with E-state index in [0.717, 1.165) is 10.9 Å². The maximum Gasteiger partial charge on any atom is 0.412 e. The number of benzene rings is 1. The molecule has 11 nitrogen and oxygen atoms in total. The highest BCUT2D eigenvalue weighted by molar-refractivity contribution is 6.04. The van der Waals surface area contributed by atoms with Crippen LogP contribution < -0.4 is 16.0 Å². The van der Waals surface area contributed by atoms with Gasteiger partial charge in [-0.1, -0.05) is 12.1 Å². The molecule has 0 saturated carbocycles. The summed E-state index contributed by atoms with van der Waals surface area (Å²) in [7, 11) is 0. The van der Waals surface area contributed by atoms with Gasteiger partial charge in [-0.2, -0.15) is 5.10 Å². The highest BCUT2D eigenvalue weighted by atomic mass is 16.6. The standard InChI is InChI=1S/C27H29N7O4/c1-16-12-28-25(36)21-11-18-8-9-22(31-23(18)34(16)21)32-24(35)19-13-29-33(15-19)14-17-6-5-7-20(10-17)30-26(37)38-27(2,3)4/h5-11,13,15-16H,12,14H2,1-4H3,(H,28,36)(H,30,37)(H,31,32,35)/t16-/m1/s1. The molecule has 0 saturated heterocycles. The number of carbonyl (C=O) groups excluding carboxylic acids is 3.